The summed E-state index contributed by atoms with van der Waals surface area (Å²) in [5, 5.41) is 1.10. The number of nitrogens with zero attached hydrogens (tertiary/aromatic N) is 1. The van der Waals surface area contributed by atoms with Gasteiger partial charge in [0.1, 0.15) is 0 Å². The van der Waals surface area contributed by atoms with E-state index >= 15 is 0 Å². The molecule has 94 valence electrons. The Morgan fingerprint density at radius 1 is 1.39 bits per heavy atom. The average molecular weight is 242 g/mol. The molecule has 1 amide bonds. The topological polar surface area (TPSA) is 36.1 Å². The molecule has 0 aliphatic heterocycles. The monoisotopic (exact) mass is 242 g/mol. The lowest BCUT2D eigenvalue weighted by atomic mass is 9.85. The first-order chi connectivity index (χ1) is 8.75. The van der Waals surface area contributed by atoms with Crippen LogP contribution in [0.4, 0.5) is 0 Å². The predicted molar refractivity (Wildman–Crippen MR) is 72.6 cm³/mol. The van der Waals surface area contributed by atoms with Crippen LogP contribution in [0.3, 0.4) is 0 Å². The Morgan fingerprint density at radius 2 is 2.22 bits per heavy atom. The van der Waals surface area contributed by atoms with Crippen LogP contribution in [0.2, 0.25) is 0 Å². The van der Waals surface area contributed by atoms with Crippen molar-refractivity contribution in [3.8, 4) is 0 Å². The van der Waals surface area contributed by atoms with Gasteiger partial charge in [0, 0.05) is 25.2 Å². The van der Waals surface area contributed by atoms with E-state index in [0.29, 0.717) is 5.92 Å². The molecule has 0 bridgehead atoms. The van der Waals surface area contributed by atoms with Gasteiger partial charge in [0.2, 0.25) is 0 Å². The summed E-state index contributed by atoms with van der Waals surface area (Å²) in [6, 6.07) is 7.87. The molecular weight excluding hydrogens is 224 g/mol. The number of carbonyl (C=O) groups excluding carboxylic acids is 1. The molecule has 1 aromatic carbocycles. The molecule has 3 rings (SSSR count). The van der Waals surface area contributed by atoms with Crippen LogP contribution in [-0.2, 0) is 0 Å². The molecule has 0 atom stereocenters. The number of hydrogen-bond donors (Lipinski definition) is 1. The van der Waals surface area contributed by atoms with Crippen LogP contribution in [0, 0.1) is 5.92 Å². The molecule has 0 spiro atoms. The van der Waals surface area contributed by atoms with Crippen molar-refractivity contribution in [1.82, 2.24) is 9.88 Å². The zero-order valence-corrected chi connectivity index (χ0v) is 10.6. The quantitative estimate of drug-likeness (QED) is 0.882. The normalized spacial score (nSPS) is 15.6. The van der Waals surface area contributed by atoms with E-state index in [-0.39, 0.29) is 5.91 Å². The lowest BCUT2D eigenvalue weighted by Crippen LogP contribution is -2.34. The Hall–Kier alpha value is -1.77. The molecule has 1 aromatic heterocycles. The molecule has 1 aliphatic rings. The molecular formula is C15H18N2O. The largest absolute Gasteiger partial charge is 0.361 e. The van der Waals surface area contributed by atoms with Crippen LogP contribution in [0.15, 0.2) is 30.5 Å². The highest BCUT2D eigenvalue weighted by Crippen LogP contribution is 2.27. The van der Waals surface area contributed by atoms with Gasteiger partial charge in [-0.25, -0.2) is 0 Å². The summed E-state index contributed by atoms with van der Waals surface area (Å²) < 4.78 is 0. The van der Waals surface area contributed by atoms with Crippen LogP contribution >= 0.6 is 0 Å². The molecule has 1 N–H and O–H groups in total. The second-order valence-corrected chi connectivity index (χ2v) is 5.23. The third-order valence-corrected chi connectivity index (χ3v) is 3.92. The summed E-state index contributed by atoms with van der Waals surface area (Å²) in [6.07, 6.45) is 5.74. The van der Waals surface area contributed by atoms with Gasteiger partial charge in [0.15, 0.2) is 0 Å². The SMILES string of the molecule is CN(CC1CCC1)C(=O)c1cccc2cc[nH]c12. The van der Waals surface area contributed by atoms with Crippen molar-refractivity contribution in [2.75, 3.05) is 13.6 Å². The molecule has 1 heterocycles. The number of para-hydroxylation sites is 1. The fraction of sp³-hybridized carbons (Fsp3) is 0.400. The number of hydrogen-bond acceptors (Lipinski definition) is 1. The van der Waals surface area contributed by atoms with E-state index in [0.717, 1.165) is 23.0 Å². The highest BCUT2D eigenvalue weighted by molar-refractivity contribution is 6.05. The first-order valence-corrected chi connectivity index (χ1v) is 6.57. The van der Waals surface area contributed by atoms with E-state index in [1.807, 2.05) is 42.4 Å². The lowest BCUT2D eigenvalue weighted by Gasteiger charge is -2.30. The molecule has 0 saturated heterocycles. The second kappa shape index (κ2) is 4.48. The molecule has 18 heavy (non-hydrogen) atoms. The van der Waals surface area contributed by atoms with Crippen LogP contribution in [0.25, 0.3) is 10.9 Å². The Labute approximate surface area is 107 Å². The Morgan fingerprint density at radius 3 is 2.94 bits per heavy atom. The maximum absolute atomic E-state index is 12.4. The van der Waals surface area contributed by atoms with E-state index in [1.54, 1.807) is 0 Å². The molecule has 0 unspecified atom stereocenters. The number of nitrogens with one attached hydrogen (secondary N) is 1. The molecule has 0 radical (unpaired) electrons. The third kappa shape index (κ3) is 1.90. The van der Waals surface area contributed by atoms with E-state index in [9.17, 15) is 4.79 Å². The summed E-state index contributed by atoms with van der Waals surface area (Å²) in [6.45, 7) is 0.885. The molecule has 1 saturated carbocycles. The summed E-state index contributed by atoms with van der Waals surface area (Å²) in [5.74, 6) is 0.830. The summed E-state index contributed by atoms with van der Waals surface area (Å²) in [7, 11) is 1.91. The van der Waals surface area contributed by atoms with Crippen LogP contribution in [-0.4, -0.2) is 29.4 Å². The van der Waals surface area contributed by atoms with Gasteiger partial charge >= 0.3 is 0 Å². The molecule has 2 aromatic rings. The van der Waals surface area contributed by atoms with Crippen molar-refractivity contribution in [3.05, 3.63) is 36.0 Å². The zero-order chi connectivity index (χ0) is 12.5. The number of amides is 1. The van der Waals surface area contributed by atoms with Crippen molar-refractivity contribution >= 4 is 16.8 Å². The Kier molecular flexibility index (Phi) is 2.82. The number of benzene rings is 1. The molecule has 1 aliphatic carbocycles. The van der Waals surface area contributed by atoms with Crippen molar-refractivity contribution in [3.63, 3.8) is 0 Å². The minimum Gasteiger partial charge on any atom is -0.361 e. The fourth-order valence-corrected chi connectivity index (χ4v) is 2.61. The van der Waals surface area contributed by atoms with Gasteiger partial charge in [-0.1, -0.05) is 18.6 Å². The number of fused-ring (bicyclic) bond motifs is 1. The number of carbonyl (C=O) groups is 1. The first kappa shape index (κ1) is 11.3. The number of aromatic nitrogens is 1. The molecule has 3 heteroatoms. The highest BCUT2D eigenvalue weighted by Gasteiger charge is 2.22. The maximum Gasteiger partial charge on any atom is 0.255 e. The minimum absolute atomic E-state index is 0.120. The van der Waals surface area contributed by atoms with Gasteiger partial charge in [-0.15, -0.1) is 0 Å². The fourth-order valence-electron chi connectivity index (χ4n) is 2.61. The van der Waals surface area contributed by atoms with Crippen molar-refractivity contribution in [2.45, 2.75) is 19.3 Å². The highest BCUT2D eigenvalue weighted by atomic mass is 16.2. The third-order valence-electron chi connectivity index (χ3n) is 3.92. The number of rotatable bonds is 3. The van der Waals surface area contributed by atoms with E-state index < -0.39 is 0 Å². The van der Waals surface area contributed by atoms with Crippen molar-refractivity contribution < 1.29 is 4.79 Å². The second-order valence-electron chi connectivity index (χ2n) is 5.23. The van der Waals surface area contributed by atoms with Crippen LogP contribution in [0.5, 0.6) is 0 Å². The van der Waals surface area contributed by atoms with Crippen molar-refractivity contribution in [2.24, 2.45) is 5.92 Å². The Balaban J connectivity index is 1.84. The van der Waals surface area contributed by atoms with E-state index in [1.165, 1.54) is 19.3 Å². The van der Waals surface area contributed by atoms with Gasteiger partial charge in [-0.05, 0) is 30.9 Å². The number of H-pyrrole nitrogens is 1. The number of aromatic amines is 1. The molecule has 3 nitrogen and oxygen atoms in total. The summed E-state index contributed by atoms with van der Waals surface area (Å²) >= 11 is 0. The standard InChI is InChI=1S/C15H18N2O/c1-17(10-11-4-2-5-11)15(18)13-7-3-6-12-8-9-16-14(12)13/h3,6-9,11,16H,2,4-5,10H2,1H3. The van der Waals surface area contributed by atoms with Gasteiger partial charge < -0.3 is 9.88 Å². The summed E-state index contributed by atoms with van der Waals surface area (Å²) in [4.78, 5) is 17.5. The van der Waals surface area contributed by atoms with Gasteiger partial charge in [0.25, 0.3) is 5.91 Å². The first-order valence-electron chi connectivity index (χ1n) is 6.57. The van der Waals surface area contributed by atoms with Crippen LogP contribution < -0.4 is 0 Å². The van der Waals surface area contributed by atoms with Crippen molar-refractivity contribution in [1.29, 1.82) is 0 Å². The minimum atomic E-state index is 0.120. The van der Waals surface area contributed by atoms with Gasteiger partial charge in [-0.2, -0.15) is 0 Å². The van der Waals surface area contributed by atoms with Gasteiger partial charge in [-0.3, -0.25) is 4.79 Å². The Bertz CT molecular complexity index is 569. The zero-order valence-electron chi connectivity index (χ0n) is 10.6. The average Bonchev–Trinajstić information content (AvgIpc) is 2.80. The maximum atomic E-state index is 12.4. The summed E-state index contributed by atoms with van der Waals surface area (Å²) in [5.41, 5.74) is 1.72. The smallest absolute Gasteiger partial charge is 0.255 e. The van der Waals surface area contributed by atoms with E-state index in [4.69, 9.17) is 0 Å². The van der Waals surface area contributed by atoms with Gasteiger partial charge in [0.05, 0.1) is 11.1 Å². The predicted octanol–water partition coefficient (Wildman–Crippen LogP) is 3.04. The lowest BCUT2D eigenvalue weighted by molar-refractivity contribution is 0.0747. The van der Waals surface area contributed by atoms with Crippen LogP contribution in [0.1, 0.15) is 29.6 Å². The van der Waals surface area contributed by atoms with E-state index in [2.05, 4.69) is 4.98 Å². The molecule has 1 fully saturated rings.